The van der Waals surface area contributed by atoms with Crippen molar-refractivity contribution in [3.8, 4) is 27.9 Å². The highest BCUT2D eigenvalue weighted by Crippen LogP contribution is 2.41. The second kappa shape index (κ2) is 11.8. The summed E-state index contributed by atoms with van der Waals surface area (Å²) in [5.41, 5.74) is 11.7. The van der Waals surface area contributed by atoms with Crippen molar-refractivity contribution in [1.29, 1.82) is 0 Å². The van der Waals surface area contributed by atoms with Gasteiger partial charge in [0.2, 0.25) is 0 Å². The molecule has 0 bridgehead atoms. The van der Waals surface area contributed by atoms with Crippen LogP contribution in [-0.2, 0) is 0 Å². The van der Waals surface area contributed by atoms with E-state index >= 15 is 0 Å². The molecule has 0 N–H and O–H groups in total. The topological polar surface area (TPSA) is 8.17 Å². The average Bonchev–Trinajstić information content (AvgIpc) is 3.49. The van der Waals surface area contributed by atoms with Crippen molar-refractivity contribution >= 4 is 49.6 Å². The zero-order valence-electron chi connectivity index (χ0n) is 26.4. The average molecular weight is 613 g/mol. The summed E-state index contributed by atoms with van der Waals surface area (Å²) in [7, 11) is 0. The van der Waals surface area contributed by atoms with Crippen LogP contribution in [0.4, 0.5) is 17.1 Å². The smallest absolute Gasteiger partial charge is 0.0561 e. The Kier molecular flexibility index (Phi) is 6.84. The minimum absolute atomic E-state index is 1.11. The Morgan fingerprint density at radius 3 is 1.48 bits per heavy atom. The zero-order chi connectivity index (χ0) is 31.9. The second-order valence-electron chi connectivity index (χ2n) is 12.3. The summed E-state index contributed by atoms with van der Waals surface area (Å²) in [6.45, 7) is 0. The standard InChI is InChI=1S/C46H32N2/c1-4-12-33(13-5-1)35-20-22-36(23-21-35)38-25-28-43-44-29-27-42(47(39-16-6-2-7-17-39)40-18-8-3-9-19-40)32-46(44)48(45(43)31-38)41-26-24-34-14-10-11-15-37(34)30-41/h1-32H. The van der Waals surface area contributed by atoms with Crippen LogP contribution in [0.3, 0.4) is 0 Å². The molecule has 8 aromatic carbocycles. The van der Waals surface area contributed by atoms with Crippen molar-refractivity contribution in [2.24, 2.45) is 0 Å². The lowest BCUT2D eigenvalue weighted by molar-refractivity contribution is 1.18. The predicted molar refractivity (Wildman–Crippen MR) is 204 cm³/mol. The predicted octanol–water partition coefficient (Wildman–Crippen LogP) is 12.7. The molecular weight excluding hydrogens is 581 g/mol. The van der Waals surface area contributed by atoms with Gasteiger partial charge in [-0.05, 0) is 87.6 Å². The monoisotopic (exact) mass is 612 g/mol. The number of rotatable bonds is 6. The van der Waals surface area contributed by atoms with E-state index in [1.807, 2.05) is 0 Å². The first-order valence-electron chi connectivity index (χ1n) is 16.4. The van der Waals surface area contributed by atoms with Gasteiger partial charge in [0, 0.05) is 33.5 Å². The molecule has 0 saturated heterocycles. The van der Waals surface area contributed by atoms with Crippen molar-refractivity contribution in [1.82, 2.24) is 4.57 Å². The fourth-order valence-corrected chi connectivity index (χ4v) is 7.01. The highest BCUT2D eigenvalue weighted by Gasteiger charge is 2.18. The highest BCUT2D eigenvalue weighted by atomic mass is 15.1. The molecule has 9 rings (SSSR count). The van der Waals surface area contributed by atoms with Crippen LogP contribution in [0.1, 0.15) is 0 Å². The van der Waals surface area contributed by atoms with E-state index in [0.29, 0.717) is 0 Å². The molecule has 1 heterocycles. The Balaban J connectivity index is 1.26. The van der Waals surface area contributed by atoms with Crippen molar-refractivity contribution < 1.29 is 0 Å². The van der Waals surface area contributed by atoms with E-state index in [4.69, 9.17) is 0 Å². The van der Waals surface area contributed by atoms with E-state index in [1.54, 1.807) is 0 Å². The first kappa shape index (κ1) is 27.9. The summed E-state index contributed by atoms with van der Waals surface area (Å²) in [5.74, 6) is 0. The fraction of sp³-hybridized carbons (Fsp3) is 0. The number of anilines is 3. The second-order valence-corrected chi connectivity index (χ2v) is 12.3. The van der Waals surface area contributed by atoms with E-state index in [-0.39, 0.29) is 0 Å². The maximum Gasteiger partial charge on any atom is 0.0561 e. The summed E-state index contributed by atoms with van der Waals surface area (Å²) in [6.07, 6.45) is 0. The Bertz CT molecular complexity index is 2490. The van der Waals surface area contributed by atoms with E-state index in [2.05, 4.69) is 204 Å². The van der Waals surface area contributed by atoms with Gasteiger partial charge >= 0.3 is 0 Å². The molecule has 2 heteroatoms. The highest BCUT2D eigenvalue weighted by molar-refractivity contribution is 6.11. The molecule has 226 valence electrons. The number of hydrogen-bond donors (Lipinski definition) is 0. The summed E-state index contributed by atoms with van der Waals surface area (Å²) in [4.78, 5) is 2.33. The number of fused-ring (bicyclic) bond motifs is 4. The summed E-state index contributed by atoms with van der Waals surface area (Å²) < 4.78 is 2.44. The third-order valence-electron chi connectivity index (χ3n) is 9.35. The third-order valence-corrected chi connectivity index (χ3v) is 9.35. The van der Waals surface area contributed by atoms with E-state index < -0.39 is 0 Å². The normalized spacial score (nSPS) is 11.3. The van der Waals surface area contributed by atoms with Gasteiger partial charge in [0.15, 0.2) is 0 Å². The van der Waals surface area contributed by atoms with E-state index in [1.165, 1.54) is 54.8 Å². The quantitative estimate of drug-likeness (QED) is 0.181. The van der Waals surface area contributed by atoms with Crippen molar-refractivity contribution in [3.63, 3.8) is 0 Å². The zero-order valence-corrected chi connectivity index (χ0v) is 26.4. The molecule has 0 radical (unpaired) electrons. The lowest BCUT2D eigenvalue weighted by Crippen LogP contribution is -2.09. The molecule has 0 saturated carbocycles. The molecule has 0 amide bonds. The van der Waals surface area contributed by atoms with Gasteiger partial charge in [-0.1, -0.05) is 140 Å². The van der Waals surface area contributed by atoms with Crippen LogP contribution in [0, 0.1) is 0 Å². The summed E-state index contributed by atoms with van der Waals surface area (Å²) in [5, 5.41) is 4.93. The van der Waals surface area contributed by atoms with Gasteiger partial charge in [0.1, 0.15) is 0 Å². The summed E-state index contributed by atoms with van der Waals surface area (Å²) in [6, 6.07) is 69.9. The van der Waals surface area contributed by atoms with Gasteiger partial charge in [-0.15, -0.1) is 0 Å². The largest absolute Gasteiger partial charge is 0.310 e. The van der Waals surface area contributed by atoms with E-state index in [9.17, 15) is 0 Å². The van der Waals surface area contributed by atoms with Crippen LogP contribution in [-0.4, -0.2) is 4.57 Å². The molecule has 0 spiro atoms. The molecule has 0 aliphatic heterocycles. The maximum absolute atomic E-state index is 2.44. The third kappa shape index (κ3) is 4.92. The Morgan fingerprint density at radius 2 is 0.812 bits per heavy atom. The van der Waals surface area contributed by atoms with Gasteiger partial charge in [-0.2, -0.15) is 0 Å². The molecule has 0 aliphatic carbocycles. The Labute approximate surface area is 280 Å². The minimum Gasteiger partial charge on any atom is -0.310 e. The molecule has 0 unspecified atom stereocenters. The van der Waals surface area contributed by atoms with Crippen molar-refractivity contribution in [2.45, 2.75) is 0 Å². The van der Waals surface area contributed by atoms with Crippen LogP contribution >= 0.6 is 0 Å². The van der Waals surface area contributed by atoms with Crippen LogP contribution in [0.5, 0.6) is 0 Å². The molecule has 48 heavy (non-hydrogen) atoms. The number of benzene rings is 8. The fourth-order valence-electron chi connectivity index (χ4n) is 7.01. The van der Waals surface area contributed by atoms with Gasteiger partial charge in [0.05, 0.1) is 11.0 Å². The van der Waals surface area contributed by atoms with Crippen molar-refractivity contribution in [3.05, 3.63) is 194 Å². The van der Waals surface area contributed by atoms with Crippen LogP contribution in [0.15, 0.2) is 194 Å². The van der Waals surface area contributed by atoms with Gasteiger partial charge in [-0.3, -0.25) is 0 Å². The number of aromatic nitrogens is 1. The number of nitrogens with zero attached hydrogens (tertiary/aromatic N) is 2. The molecule has 0 atom stereocenters. The summed E-state index contributed by atoms with van der Waals surface area (Å²) >= 11 is 0. The number of para-hydroxylation sites is 2. The van der Waals surface area contributed by atoms with Gasteiger partial charge < -0.3 is 9.47 Å². The molecule has 0 fully saturated rings. The maximum atomic E-state index is 2.44. The van der Waals surface area contributed by atoms with Crippen molar-refractivity contribution in [2.75, 3.05) is 4.90 Å². The molecular formula is C46H32N2. The van der Waals surface area contributed by atoms with Crippen LogP contribution < -0.4 is 4.90 Å². The molecule has 1 aromatic heterocycles. The molecule has 0 aliphatic rings. The van der Waals surface area contributed by atoms with Gasteiger partial charge in [-0.25, -0.2) is 0 Å². The lowest BCUT2D eigenvalue weighted by Gasteiger charge is -2.25. The minimum atomic E-state index is 1.11. The number of hydrogen-bond acceptors (Lipinski definition) is 1. The Hall–Kier alpha value is -6.38. The SMILES string of the molecule is c1ccc(-c2ccc(-c3ccc4c5ccc(N(c6ccccc6)c6ccccc6)cc5n(-c5ccc6ccccc6c5)c4c3)cc2)cc1. The van der Waals surface area contributed by atoms with Crippen LogP contribution in [0.25, 0.3) is 60.5 Å². The Morgan fingerprint density at radius 1 is 0.312 bits per heavy atom. The van der Waals surface area contributed by atoms with Crippen LogP contribution in [0.2, 0.25) is 0 Å². The first-order valence-corrected chi connectivity index (χ1v) is 16.4. The first-order chi connectivity index (χ1) is 23.8. The van der Waals surface area contributed by atoms with E-state index in [0.717, 1.165) is 22.7 Å². The van der Waals surface area contributed by atoms with Gasteiger partial charge in [0.25, 0.3) is 0 Å². The molecule has 9 aromatic rings. The molecule has 2 nitrogen and oxygen atoms in total. The lowest BCUT2D eigenvalue weighted by atomic mass is 9.99.